The first-order valence-electron chi connectivity index (χ1n) is 3.83. The number of carbonyl (C=O) groups is 2. The third kappa shape index (κ3) is 3.36. The molecule has 1 aromatic rings. The smallest absolute Gasteiger partial charge is 0.331 e. The molecule has 0 aliphatic rings. The van der Waals surface area contributed by atoms with Crippen molar-refractivity contribution in [2.75, 3.05) is 4.31 Å². The van der Waals surface area contributed by atoms with E-state index in [2.05, 4.69) is 23.0 Å². The van der Waals surface area contributed by atoms with Gasteiger partial charge in [0.2, 0.25) is 5.13 Å². The second-order valence-corrected chi connectivity index (χ2v) is 3.96. The standard InChI is InChI=1S/C6H8N4O3S2/c7-5(13)10(14)6-9-8-3(15-6)1-2-4(11)12/h14H,1-2H2,(H2,7,13)(H,11,12). The molecule has 0 bridgehead atoms. The zero-order valence-electron chi connectivity index (χ0n) is 7.45. The first-order chi connectivity index (χ1) is 7.00. The Kier molecular flexibility index (Phi) is 3.86. The third-order valence-corrected chi connectivity index (χ3v) is 2.89. The highest BCUT2D eigenvalue weighted by Crippen LogP contribution is 2.22. The van der Waals surface area contributed by atoms with Crippen LogP contribution >= 0.6 is 24.2 Å². The fraction of sp³-hybridized carbons (Fsp3) is 0.333. The molecule has 0 radical (unpaired) electrons. The molecule has 0 saturated carbocycles. The maximum atomic E-state index is 10.7. The van der Waals surface area contributed by atoms with Gasteiger partial charge in [-0.25, -0.2) is 9.10 Å². The van der Waals surface area contributed by atoms with E-state index in [0.29, 0.717) is 5.01 Å². The molecular weight excluding hydrogens is 240 g/mol. The second-order valence-electron chi connectivity index (χ2n) is 2.52. The average Bonchev–Trinajstić information content (AvgIpc) is 2.61. The fourth-order valence-electron chi connectivity index (χ4n) is 0.739. The Labute approximate surface area is 94.4 Å². The van der Waals surface area contributed by atoms with Crippen LogP contribution in [0.1, 0.15) is 11.4 Å². The van der Waals surface area contributed by atoms with Crippen molar-refractivity contribution in [2.24, 2.45) is 5.73 Å². The van der Waals surface area contributed by atoms with Crippen molar-refractivity contribution in [2.45, 2.75) is 12.8 Å². The average molecular weight is 248 g/mol. The zero-order chi connectivity index (χ0) is 11.4. The molecule has 3 N–H and O–H groups in total. The summed E-state index contributed by atoms with van der Waals surface area (Å²) in [5.41, 5.74) is 4.95. The van der Waals surface area contributed by atoms with Crippen molar-refractivity contribution in [1.82, 2.24) is 10.2 Å². The van der Waals surface area contributed by atoms with Crippen LogP contribution in [-0.4, -0.2) is 27.3 Å². The lowest BCUT2D eigenvalue weighted by Gasteiger charge is -2.05. The summed E-state index contributed by atoms with van der Waals surface area (Å²) in [5.74, 6) is -0.913. The lowest BCUT2D eigenvalue weighted by atomic mass is 10.3. The van der Waals surface area contributed by atoms with Crippen LogP contribution in [0.5, 0.6) is 0 Å². The summed E-state index contributed by atoms with van der Waals surface area (Å²) in [7, 11) is 0. The maximum absolute atomic E-state index is 10.7. The number of nitrogens with zero attached hydrogens (tertiary/aromatic N) is 3. The van der Waals surface area contributed by atoms with Crippen LogP contribution in [0.3, 0.4) is 0 Å². The van der Waals surface area contributed by atoms with E-state index in [9.17, 15) is 9.59 Å². The molecule has 0 fully saturated rings. The predicted octanol–water partition coefficient (Wildman–Crippen LogP) is 0.285. The number of nitrogens with two attached hydrogens (primary N) is 1. The van der Waals surface area contributed by atoms with Gasteiger partial charge in [-0.3, -0.25) is 4.79 Å². The molecular formula is C6H8N4O3S2. The van der Waals surface area contributed by atoms with Crippen molar-refractivity contribution < 1.29 is 14.7 Å². The minimum Gasteiger partial charge on any atom is -0.481 e. The molecule has 0 unspecified atom stereocenters. The Morgan fingerprint density at radius 3 is 2.73 bits per heavy atom. The molecule has 0 spiro atoms. The minimum atomic E-state index is -0.913. The predicted molar refractivity (Wildman–Crippen MR) is 56.9 cm³/mol. The molecule has 7 nitrogen and oxygen atoms in total. The van der Waals surface area contributed by atoms with Crippen LogP contribution in [0.25, 0.3) is 0 Å². The Morgan fingerprint density at radius 1 is 1.53 bits per heavy atom. The number of anilines is 1. The van der Waals surface area contributed by atoms with Crippen LogP contribution in [0.2, 0.25) is 0 Å². The van der Waals surface area contributed by atoms with E-state index in [4.69, 9.17) is 10.8 Å². The van der Waals surface area contributed by atoms with Gasteiger partial charge in [-0.1, -0.05) is 24.2 Å². The van der Waals surface area contributed by atoms with E-state index in [1.165, 1.54) is 0 Å². The number of carbonyl (C=O) groups excluding carboxylic acids is 1. The third-order valence-electron chi connectivity index (χ3n) is 1.40. The summed E-state index contributed by atoms with van der Waals surface area (Å²) in [6.07, 6.45) is 0.241. The summed E-state index contributed by atoms with van der Waals surface area (Å²) >= 11 is 4.86. The van der Waals surface area contributed by atoms with Crippen LogP contribution in [-0.2, 0) is 11.2 Å². The quantitative estimate of drug-likeness (QED) is 0.663. The number of hydrogen-bond donors (Lipinski definition) is 3. The summed E-state index contributed by atoms with van der Waals surface area (Å²) < 4.78 is 0.849. The molecule has 0 aromatic carbocycles. The van der Waals surface area contributed by atoms with Crippen molar-refractivity contribution in [3.05, 3.63) is 5.01 Å². The molecule has 9 heteroatoms. The maximum Gasteiger partial charge on any atom is 0.331 e. The van der Waals surface area contributed by atoms with Gasteiger partial charge >= 0.3 is 12.0 Å². The van der Waals surface area contributed by atoms with E-state index in [0.717, 1.165) is 15.6 Å². The Morgan fingerprint density at radius 2 is 2.20 bits per heavy atom. The topological polar surface area (TPSA) is 109 Å². The summed E-state index contributed by atoms with van der Waals surface area (Å²) in [4.78, 5) is 21.0. The molecule has 0 atom stereocenters. The van der Waals surface area contributed by atoms with E-state index in [1.807, 2.05) is 0 Å². The number of aromatic nitrogens is 2. The number of urea groups is 1. The molecule has 1 rings (SSSR count). The van der Waals surface area contributed by atoms with Gasteiger partial charge in [0.15, 0.2) is 0 Å². The molecule has 1 aromatic heterocycles. The summed E-state index contributed by atoms with van der Waals surface area (Å²) in [5, 5.41) is 16.5. The summed E-state index contributed by atoms with van der Waals surface area (Å²) in [6, 6.07) is -0.765. The van der Waals surface area contributed by atoms with E-state index in [-0.39, 0.29) is 18.0 Å². The number of thiol groups is 1. The number of primary amides is 1. The highest BCUT2D eigenvalue weighted by Gasteiger charge is 2.14. The highest BCUT2D eigenvalue weighted by molar-refractivity contribution is 7.83. The summed E-state index contributed by atoms with van der Waals surface area (Å²) in [6.45, 7) is 0. The van der Waals surface area contributed by atoms with Crippen LogP contribution in [0.15, 0.2) is 0 Å². The second kappa shape index (κ2) is 4.94. The van der Waals surface area contributed by atoms with Crippen LogP contribution < -0.4 is 10.0 Å². The van der Waals surface area contributed by atoms with Gasteiger partial charge in [-0.05, 0) is 0 Å². The van der Waals surface area contributed by atoms with Gasteiger partial charge in [-0.2, -0.15) is 0 Å². The van der Waals surface area contributed by atoms with E-state index >= 15 is 0 Å². The number of amides is 2. The van der Waals surface area contributed by atoms with Gasteiger partial charge in [0.05, 0.1) is 6.42 Å². The number of carboxylic acid groups (broad SMARTS) is 1. The number of hydrogen-bond acceptors (Lipinski definition) is 6. The number of aryl methyl sites for hydroxylation is 1. The van der Waals surface area contributed by atoms with Crippen LogP contribution in [0.4, 0.5) is 9.93 Å². The Balaban J connectivity index is 2.63. The van der Waals surface area contributed by atoms with Gasteiger partial charge in [0, 0.05) is 6.42 Å². The van der Waals surface area contributed by atoms with Crippen LogP contribution in [0, 0.1) is 0 Å². The lowest BCUT2D eigenvalue weighted by molar-refractivity contribution is -0.136. The first-order valence-corrected chi connectivity index (χ1v) is 5.05. The monoisotopic (exact) mass is 248 g/mol. The van der Waals surface area contributed by atoms with Crippen molar-refractivity contribution in [3.63, 3.8) is 0 Å². The van der Waals surface area contributed by atoms with E-state index in [1.54, 1.807) is 0 Å². The molecule has 2 amide bonds. The van der Waals surface area contributed by atoms with Gasteiger partial charge in [-0.15, -0.1) is 10.2 Å². The SMILES string of the molecule is NC(=O)N(S)c1nnc(CCC(=O)O)s1. The molecule has 1 heterocycles. The number of carboxylic acids is 1. The fourth-order valence-corrected chi connectivity index (χ4v) is 1.66. The minimum absolute atomic E-state index is 0.0300. The van der Waals surface area contributed by atoms with Gasteiger partial charge in [0.25, 0.3) is 0 Å². The van der Waals surface area contributed by atoms with Gasteiger partial charge < -0.3 is 10.8 Å². The Hall–Kier alpha value is -1.35. The van der Waals surface area contributed by atoms with E-state index < -0.39 is 12.0 Å². The lowest BCUT2D eigenvalue weighted by Crippen LogP contribution is -2.27. The highest BCUT2D eigenvalue weighted by atomic mass is 32.1. The van der Waals surface area contributed by atoms with Crippen molar-refractivity contribution in [3.8, 4) is 0 Å². The molecule has 0 aliphatic heterocycles. The Bertz CT molecular complexity index is 380. The van der Waals surface area contributed by atoms with Crippen molar-refractivity contribution >= 4 is 41.3 Å². The first kappa shape index (κ1) is 11.7. The molecule has 0 saturated heterocycles. The zero-order valence-corrected chi connectivity index (χ0v) is 9.16. The number of rotatable bonds is 4. The molecule has 0 aliphatic carbocycles. The van der Waals surface area contributed by atoms with Gasteiger partial charge in [0.1, 0.15) is 5.01 Å². The normalized spacial score (nSPS) is 9.93. The molecule has 15 heavy (non-hydrogen) atoms. The largest absolute Gasteiger partial charge is 0.481 e. The molecule has 82 valence electrons. The van der Waals surface area contributed by atoms with Crippen molar-refractivity contribution in [1.29, 1.82) is 0 Å². The number of aliphatic carboxylic acids is 1.